The summed E-state index contributed by atoms with van der Waals surface area (Å²) in [4.78, 5) is 6.82. The van der Waals surface area contributed by atoms with Crippen LogP contribution < -0.4 is 10.6 Å². The Kier molecular flexibility index (Phi) is 8.55. The van der Waals surface area contributed by atoms with Crippen LogP contribution in [0, 0.1) is 6.92 Å². The van der Waals surface area contributed by atoms with E-state index in [1.807, 2.05) is 24.6 Å². The number of guanidine groups is 1. The number of aromatic nitrogens is 3. The van der Waals surface area contributed by atoms with E-state index in [0.717, 1.165) is 43.0 Å². The number of furan rings is 1. The lowest BCUT2D eigenvalue weighted by Crippen LogP contribution is -2.44. The average Bonchev–Trinajstić information content (AvgIpc) is 3.31. The summed E-state index contributed by atoms with van der Waals surface area (Å²) in [5, 5.41) is 15.0. The first kappa shape index (κ1) is 21.7. The van der Waals surface area contributed by atoms with Gasteiger partial charge < -0.3 is 19.6 Å². The van der Waals surface area contributed by atoms with Gasteiger partial charge in [0.2, 0.25) is 0 Å². The summed E-state index contributed by atoms with van der Waals surface area (Å²) >= 11 is 0. The summed E-state index contributed by atoms with van der Waals surface area (Å²) in [7, 11) is 3.74. The second kappa shape index (κ2) is 10.6. The first-order valence-corrected chi connectivity index (χ1v) is 9.26. The predicted octanol–water partition coefficient (Wildman–Crippen LogP) is 2.23. The van der Waals surface area contributed by atoms with Gasteiger partial charge in [-0.1, -0.05) is 6.42 Å². The Morgan fingerprint density at radius 2 is 2.04 bits per heavy atom. The molecule has 1 aliphatic heterocycles. The third-order valence-electron chi connectivity index (χ3n) is 4.99. The number of aryl methyl sites for hydroxylation is 1. The topological polar surface area (TPSA) is 83.5 Å². The molecular formula is C18H30IN7O. The van der Waals surface area contributed by atoms with Gasteiger partial charge >= 0.3 is 0 Å². The maximum Gasteiger partial charge on any atom is 0.191 e. The van der Waals surface area contributed by atoms with Gasteiger partial charge in [0.15, 0.2) is 11.8 Å². The third-order valence-corrected chi connectivity index (χ3v) is 4.99. The molecule has 150 valence electrons. The van der Waals surface area contributed by atoms with E-state index >= 15 is 0 Å². The fourth-order valence-corrected chi connectivity index (χ4v) is 3.30. The molecule has 2 N–H and O–H groups in total. The van der Waals surface area contributed by atoms with Crippen molar-refractivity contribution in [3.8, 4) is 0 Å². The molecule has 1 saturated heterocycles. The Bertz CT molecular complexity index is 707. The van der Waals surface area contributed by atoms with Crippen LogP contribution in [0.4, 0.5) is 0 Å². The molecule has 27 heavy (non-hydrogen) atoms. The molecule has 1 unspecified atom stereocenters. The number of aliphatic imine (C=N–C) groups is 1. The van der Waals surface area contributed by atoms with Crippen LogP contribution in [-0.2, 0) is 13.6 Å². The summed E-state index contributed by atoms with van der Waals surface area (Å²) in [6.45, 7) is 5.47. The molecule has 0 radical (unpaired) electrons. The van der Waals surface area contributed by atoms with E-state index in [9.17, 15) is 0 Å². The minimum Gasteiger partial charge on any atom is -0.468 e. The lowest BCUT2D eigenvalue weighted by atomic mass is 10.1. The van der Waals surface area contributed by atoms with Crippen molar-refractivity contribution in [3.63, 3.8) is 0 Å². The van der Waals surface area contributed by atoms with Crippen LogP contribution in [0.25, 0.3) is 0 Å². The van der Waals surface area contributed by atoms with Crippen molar-refractivity contribution in [2.75, 3.05) is 26.7 Å². The molecule has 3 rings (SSSR count). The van der Waals surface area contributed by atoms with Gasteiger partial charge in [-0.05, 0) is 45.0 Å². The molecule has 0 aromatic carbocycles. The van der Waals surface area contributed by atoms with Crippen molar-refractivity contribution < 1.29 is 4.42 Å². The number of halogens is 1. The summed E-state index contributed by atoms with van der Waals surface area (Å²) in [5.41, 5.74) is 0. The van der Waals surface area contributed by atoms with Crippen LogP contribution in [0.3, 0.4) is 0 Å². The van der Waals surface area contributed by atoms with Gasteiger partial charge in [-0.25, -0.2) is 0 Å². The van der Waals surface area contributed by atoms with E-state index in [4.69, 9.17) is 4.42 Å². The zero-order valence-corrected chi connectivity index (χ0v) is 18.6. The maximum atomic E-state index is 5.70. The summed E-state index contributed by atoms with van der Waals surface area (Å²) in [5.74, 6) is 3.52. The molecule has 3 heterocycles. The molecule has 1 atom stereocenters. The average molecular weight is 487 g/mol. The Morgan fingerprint density at radius 1 is 1.26 bits per heavy atom. The van der Waals surface area contributed by atoms with Crippen LogP contribution >= 0.6 is 24.0 Å². The van der Waals surface area contributed by atoms with Crippen molar-refractivity contribution in [3.05, 3.63) is 35.8 Å². The fraction of sp³-hybridized carbons (Fsp3) is 0.611. The van der Waals surface area contributed by atoms with Crippen LogP contribution in [0.5, 0.6) is 0 Å². The zero-order chi connectivity index (χ0) is 18.4. The van der Waals surface area contributed by atoms with Crippen molar-refractivity contribution in [2.24, 2.45) is 12.0 Å². The fourth-order valence-electron chi connectivity index (χ4n) is 3.30. The normalized spacial score (nSPS) is 16.6. The lowest BCUT2D eigenvalue weighted by Gasteiger charge is -2.33. The second-order valence-corrected chi connectivity index (χ2v) is 6.66. The van der Waals surface area contributed by atoms with Gasteiger partial charge in [-0.3, -0.25) is 9.89 Å². The molecule has 2 aromatic rings. The number of nitrogens with one attached hydrogen (secondary N) is 2. The largest absolute Gasteiger partial charge is 0.468 e. The molecule has 9 heteroatoms. The highest BCUT2D eigenvalue weighted by molar-refractivity contribution is 14.0. The Hall–Kier alpha value is -1.62. The molecule has 8 nitrogen and oxygen atoms in total. The molecule has 0 bridgehead atoms. The summed E-state index contributed by atoms with van der Waals surface area (Å²) in [6.07, 6.45) is 5.55. The van der Waals surface area contributed by atoms with Crippen molar-refractivity contribution >= 4 is 29.9 Å². The quantitative estimate of drug-likeness (QED) is 0.370. The standard InChI is InChI=1S/C18H29N7O.HI/c1-14-22-23-17(24(14)3)13-21-18(19-2)20-12-15(16-8-7-11-26-16)25-9-5-4-6-10-25;/h7-8,11,15H,4-6,9-10,12-13H2,1-3H3,(H2,19,20,21);1H. The van der Waals surface area contributed by atoms with Gasteiger partial charge in [0, 0.05) is 20.6 Å². The van der Waals surface area contributed by atoms with Gasteiger partial charge in [0.05, 0.1) is 18.8 Å². The summed E-state index contributed by atoms with van der Waals surface area (Å²) in [6, 6.07) is 4.22. The molecule has 0 amide bonds. The molecule has 2 aromatic heterocycles. The van der Waals surface area contributed by atoms with E-state index in [1.54, 1.807) is 13.3 Å². The van der Waals surface area contributed by atoms with Gasteiger partial charge in [-0.15, -0.1) is 34.2 Å². The van der Waals surface area contributed by atoms with Gasteiger partial charge in [0.1, 0.15) is 11.6 Å². The highest BCUT2D eigenvalue weighted by Crippen LogP contribution is 2.24. The van der Waals surface area contributed by atoms with E-state index < -0.39 is 0 Å². The zero-order valence-electron chi connectivity index (χ0n) is 16.3. The minimum absolute atomic E-state index is 0. The van der Waals surface area contributed by atoms with E-state index in [0.29, 0.717) is 6.54 Å². The smallest absolute Gasteiger partial charge is 0.191 e. The Balaban J connectivity index is 0.00000261. The van der Waals surface area contributed by atoms with E-state index in [-0.39, 0.29) is 30.0 Å². The van der Waals surface area contributed by atoms with Crippen molar-refractivity contribution in [1.29, 1.82) is 0 Å². The highest BCUT2D eigenvalue weighted by Gasteiger charge is 2.24. The van der Waals surface area contributed by atoms with Crippen LogP contribution in [0.1, 0.15) is 42.7 Å². The molecule has 0 spiro atoms. The number of likely N-dealkylation sites (tertiary alicyclic amines) is 1. The number of nitrogens with zero attached hydrogens (tertiary/aromatic N) is 5. The SMILES string of the molecule is CN=C(NCc1nnc(C)n1C)NCC(c1ccco1)N1CCCCC1.I. The van der Waals surface area contributed by atoms with E-state index in [1.165, 1.54) is 19.3 Å². The summed E-state index contributed by atoms with van der Waals surface area (Å²) < 4.78 is 7.67. The van der Waals surface area contributed by atoms with Crippen LogP contribution in [0.15, 0.2) is 27.8 Å². The maximum absolute atomic E-state index is 5.70. The van der Waals surface area contributed by atoms with Gasteiger partial charge in [0.25, 0.3) is 0 Å². The van der Waals surface area contributed by atoms with Crippen molar-refractivity contribution in [2.45, 2.75) is 38.8 Å². The van der Waals surface area contributed by atoms with Crippen LogP contribution in [0.2, 0.25) is 0 Å². The number of piperidine rings is 1. The number of rotatable bonds is 6. The molecule has 1 fully saturated rings. The first-order chi connectivity index (χ1) is 12.7. The van der Waals surface area contributed by atoms with E-state index in [2.05, 4.69) is 36.8 Å². The van der Waals surface area contributed by atoms with Crippen molar-refractivity contribution in [1.82, 2.24) is 30.3 Å². The Morgan fingerprint density at radius 3 is 2.63 bits per heavy atom. The number of hydrogen-bond acceptors (Lipinski definition) is 5. The highest BCUT2D eigenvalue weighted by atomic mass is 127. The monoisotopic (exact) mass is 487 g/mol. The third kappa shape index (κ3) is 5.68. The minimum atomic E-state index is 0. The number of hydrogen-bond donors (Lipinski definition) is 2. The first-order valence-electron chi connectivity index (χ1n) is 9.26. The predicted molar refractivity (Wildman–Crippen MR) is 116 cm³/mol. The molecule has 1 aliphatic rings. The lowest BCUT2D eigenvalue weighted by molar-refractivity contribution is 0.146. The molecule has 0 aliphatic carbocycles. The molecular weight excluding hydrogens is 457 g/mol. The van der Waals surface area contributed by atoms with Crippen LogP contribution in [-0.4, -0.2) is 52.3 Å². The van der Waals surface area contributed by atoms with Gasteiger partial charge in [-0.2, -0.15) is 0 Å². The Labute approximate surface area is 177 Å². The second-order valence-electron chi connectivity index (χ2n) is 6.66. The molecule has 0 saturated carbocycles.